The molecule has 0 aliphatic carbocycles. The molecule has 0 saturated carbocycles. The van der Waals surface area contributed by atoms with Gasteiger partial charge in [0.05, 0.1) is 0 Å². The Bertz CT molecular complexity index is 1040. The lowest BCUT2D eigenvalue weighted by Gasteiger charge is -2.42. The molecule has 0 radical (unpaired) electrons. The number of hydrogen-bond donors (Lipinski definition) is 1. The van der Waals surface area contributed by atoms with Gasteiger partial charge in [-0.3, -0.25) is 0 Å². The molecule has 0 aliphatic rings. The molecule has 0 atom stereocenters. The minimum Gasteiger partial charge on any atom is -0.476 e. The highest BCUT2D eigenvalue weighted by Gasteiger charge is 2.96. The van der Waals surface area contributed by atoms with E-state index in [0.29, 0.717) is 0 Å². The van der Waals surface area contributed by atoms with E-state index in [9.17, 15) is 101 Å². The lowest BCUT2D eigenvalue weighted by atomic mass is 9.91. The van der Waals surface area contributed by atoms with Crippen molar-refractivity contribution in [1.29, 1.82) is 0 Å². The molecule has 1 N–H and O–H groups in total. The molecule has 0 aromatic rings. The van der Waals surface area contributed by atoms with Crippen molar-refractivity contribution < 1.29 is 106 Å². The molecule has 5 nitrogen and oxygen atoms in total. The van der Waals surface area contributed by atoms with Crippen LogP contribution in [0.15, 0.2) is 10.9 Å². The summed E-state index contributed by atoms with van der Waals surface area (Å²) in [4.78, 5) is 10.2. The van der Waals surface area contributed by atoms with Gasteiger partial charge < -0.3 is 5.11 Å². The number of hydrogen-bond acceptors (Lipinski definition) is 4. The lowest BCUT2D eigenvalue weighted by molar-refractivity contribution is -0.458. The third-order valence-electron chi connectivity index (χ3n) is 3.82. The van der Waals surface area contributed by atoms with Gasteiger partial charge in [0, 0.05) is 0 Å². The average molecular weight is 623 g/mol. The van der Waals surface area contributed by atoms with Gasteiger partial charge in [-0.1, -0.05) is 8.96 Å². The van der Waals surface area contributed by atoms with Gasteiger partial charge >= 0.3 is 52.9 Å². The first-order valence-electron chi connectivity index (χ1n) is 7.38. The Balaban J connectivity index is 7.33. The summed E-state index contributed by atoms with van der Waals surface area (Å²) in [6.07, 6.45) is -8.05. The third-order valence-corrected chi connectivity index (χ3v) is 5.42. The normalized spacial score (nSPS) is 16.4. The molecule has 220 valence electrons. The Kier molecular flexibility index (Phi) is 8.23. The van der Waals surface area contributed by atoms with Crippen LogP contribution in [0.1, 0.15) is 0 Å². The molecule has 0 spiro atoms. The van der Waals surface area contributed by atoms with Crippen LogP contribution >= 0.6 is 0 Å². The molecule has 0 aromatic heterocycles. The quantitative estimate of drug-likeness (QED) is 0.193. The van der Waals surface area contributed by atoms with E-state index in [1.54, 1.807) is 0 Å². The number of halogens is 20. The van der Waals surface area contributed by atoms with Crippen LogP contribution in [0.25, 0.3) is 0 Å². The maximum absolute atomic E-state index is 13.6. The van der Waals surface area contributed by atoms with E-state index in [1.165, 1.54) is 0 Å². The van der Waals surface area contributed by atoms with E-state index >= 15 is 0 Å². The van der Waals surface area contributed by atoms with Crippen molar-refractivity contribution in [2.45, 2.75) is 47.0 Å². The Labute approximate surface area is 186 Å². The monoisotopic (exact) mass is 623 g/mol. The zero-order chi connectivity index (χ0) is 30.8. The van der Waals surface area contributed by atoms with Crippen molar-refractivity contribution in [2.24, 2.45) is 0 Å². The molecular weight excluding hydrogens is 622 g/mol. The van der Waals surface area contributed by atoms with Crippen LogP contribution in [-0.2, 0) is 14.6 Å². The molecular formula is C11HF20NO4S. The smallest absolute Gasteiger partial charge is 0.460 e. The molecule has 0 aromatic carbocycles. The first-order valence-corrected chi connectivity index (χ1v) is 8.87. The van der Waals surface area contributed by atoms with Crippen molar-refractivity contribution in [3.8, 4) is 0 Å². The second-order valence-electron chi connectivity index (χ2n) is 6.12. The van der Waals surface area contributed by atoms with Crippen LogP contribution in [0.3, 0.4) is 0 Å². The van der Waals surface area contributed by atoms with Crippen molar-refractivity contribution >= 4 is 15.8 Å². The summed E-state index contributed by atoms with van der Waals surface area (Å²) in [5, 5.41) is -8.58. The number of carboxylic acid groups (broad SMARTS) is 1. The summed E-state index contributed by atoms with van der Waals surface area (Å²) >= 11 is 0. The molecule has 0 amide bonds. The average Bonchev–Trinajstić information content (AvgIpc) is 2.65. The van der Waals surface area contributed by atoms with Crippen molar-refractivity contribution in [3.63, 3.8) is 0 Å². The molecule has 37 heavy (non-hydrogen) atoms. The highest BCUT2D eigenvalue weighted by Crippen LogP contribution is 2.64. The number of aliphatic carboxylic acids is 1. The zero-order valence-corrected chi connectivity index (χ0v) is 16.4. The van der Waals surface area contributed by atoms with Gasteiger partial charge in [-0.2, -0.15) is 79.0 Å². The summed E-state index contributed by atoms with van der Waals surface area (Å²) in [6, 6.07) is 0. The summed E-state index contributed by atoms with van der Waals surface area (Å²) < 4.78 is 282. The minimum absolute atomic E-state index is 3.33. The van der Waals surface area contributed by atoms with Gasteiger partial charge in [-0.05, 0) is 5.34 Å². The first kappa shape index (κ1) is 34.6. The number of rotatable bonds is 10. The van der Waals surface area contributed by atoms with E-state index in [4.69, 9.17) is 5.11 Å². The van der Waals surface area contributed by atoms with Crippen LogP contribution < -0.4 is 0 Å². The van der Waals surface area contributed by atoms with Gasteiger partial charge in [0.25, 0.3) is 15.0 Å². The van der Waals surface area contributed by atoms with Crippen LogP contribution in [0.2, 0.25) is 0 Å². The Morgan fingerprint density at radius 1 is 0.568 bits per heavy atom. The molecule has 0 heterocycles. The fraction of sp³-hybridized carbons (Fsp3) is 0.727. The molecule has 0 saturated heterocycles. The topological polar surface area (TPSA) is 74.7 Å². The van der Waals surface area contributed by atoms with Crippen LogP contribution in [0, 0.1) is 0 Å². The summed E-state index contributed by atoms with van der Waals surface area (Å²) in [6.45, 7) is 0. The van der Waals surface area contributed by atoms with Crippen molar-refractivity contribution in [3.05, 3.63) is 10.9 Å². The van der Waals surface area contributed by atoms with E-state index in [-0.39, 0.29) is 0 Å². The SMILES string of the molecule is O=C(O)C(=C(F)S(=O)(=O)C(F)(F)C(F)(F)C(F)(F)C(F)(F)C(F)(F)C(F)(F)C(F)(F)C(F)(F)F)N(F)F. The molecule has 0 unspecified atom stereocenters. The molecule has 0 rings (SSSR count). The Morgan fingerprint density at radius 3 is 1.08 bits per heavy atom. The van der Waals surface area contributed by atoms with Gasteiger partial charge in [0.15, 0.2) is 0 Å². The standard InChI is InChI=1S/C11HF20NO4S/c12-2(1(3(33)34)32(30)31)37(35,36)11(28,29)9(23,24)7(19,20)5(15,16)4(13,14)6(17,18)8(21,22)10(25,26)27/h(H,33,34). The maximum atomic E-state index is 13.6. The third kappa shape index (κ3) is 4.36. The second-order valence-corrected chi connectivity index (χ2v) is 8.00. The predicted molar refractivity (Wildman–Crippen MR) is 69.4 cm³/mol. The Hall–Kier alpha value is -2.44. The summed E-state index contributed by atoms with van der Waals surface area (Å²) in [5.41, 5.74) is -3.94. The van der Waals surface area contributed by atoms with Gasteiger partial charge in [0.1, 0.15) is 0 Å². The second kappa shape index (κ2) is 8.81. The fourth-order valence-electron chi connectivity index (χ4n) is 1.78. The van der Waals surface area contributed by atoms with E-state index in [0.717, 1.165) is 0 Å². The van der Waals surface area contributed by atoms with E-state index in [2.05, 4.69) is 0 Å². The van der Waals surface area contributed by atoms with E-state index < -0.39 is 79.0 Å². The maximum Gasteiger partial charge on any atom is 0.460 e. The van der Waals surface area contributed by atoms with Crippen LogP contribution in [-0.4, -0.2) is 71.8 Å². The first-order chi connectivity index (χ1) is 15.7. The summed E-state index contributed by atoms with van der Waals surface area (Å²) in [7, 11) is -8.81. The van der Waals surface area contributed by atoms with Gasteiger partial charge in [-0.15, -0.1) is 0 Å². The minimum atomic E-state index is -9.23. The number of nitrogens with zero attached hydrogens (tertiary/aromatic N) is 1. The highest BCUT2D eigenvalue weighted by atomic mass is 32.2. The van der Waals surface area contributed by atoms with Crippen LogP contribution in [0.4, 0.5) is 88.0 Å². The number of carboxylic acids is 1. The van der Waals surface area contributed by atoms with Crippen molar-refractivity contribution in [2.75, 3.05) is 0 Å². The fourth-order valence-corrected chi connectivity index (χ4v) is 2.88. The largest absolute Gasteiger partial charge is 0.476 e. The molecule has 0 fully saturated rings. The van der Waals surface area contributed by atoms with Gasteiger partial charge in [0.2, 0.25) is 5.70 Å². The van der Waals surface area contributed by atoms with Crippen molar-refractivity contribution in [1.82, 2.24) is 5.34 Å². The number of sulfone groups is 1. The van der Waals surface area contributed by atoms with E-state index in [1.807, 2.05) is 0 Å². The zero-order valence-electron chi connectivity index (χ0n) is 15.6. The number of alkyl halides is 17. The van der Waals surface area contributed by atoms with Crippen LogP contribution in [0.5, 0.6) is 0 Å². The molecule has 26 heteroatoms. The predicted octanol–water partition coefficient (Wildman–Crippen LogP) is 5.66. The lowest BCUT2D eigenvalue weighted by Crippen LogP contribution is -2.75. The summed E-state index contributed by atoms with van der Waals surface area (Å²) in [5.74, 6) is -57.7. The Morgan fingerprint density at radius 2 is 0.838 bits per heavy atom. The number of carbonyl (C=O) groups is 1. The van der Waals surface area contributed by atoms with Gasteiger partial charge in [-0.25, -0.2) is 13.2 Å². The molecule has 0 bridgehead atoms. The molecule has 0 aliphatic heterocycles. The highest BCUT2D eigenvalue weighted by molar-refractivity contribution is 7.96.